The van der Waals surface area contributed by atoms with Gasteiger partial charge in [0.15, 0.2) is 4.34 Å². The first kappa shape index (κ1) is 14.1. The zero-order chi connectivity index (χ0) is 13.1. The lowest BCUT2D eigenvalue weighted by Crippen LogP contribution is -2.25. The summed E-state index contributed by atoms with van der Waals surface area (Å²) in [5, 5.41) is 2.41. The topological polar surface area (TPSA) is 38.9 Å². The van der Waals surface area contributed by atoms with Crippen molar-refractivity contribution < 1.29 is 0 Å². The molecule has 5 heteroatoms. The minimum Gasteiger partial charge on any atom is -0.326 e. The second kappa shape index (κ2) is 6.19. The standard InChI is InChI=1S/C13H18N2S3/c1-4-10(14)12(11-6-5-9(3)17-11)18-13-15-8(2)7-16-13/h5-7,10,12H,4,14H2,1-3H3. The highest BCUT2D eigenvalue weighted by Crippen LogP contribution is 2.41. The van der Waals surface area contributed by atoms with E-state index in [1.165, 1.54) is 9.75 Å². The van der Waals surface area contributed by atoms with Gasteiger partial charge in [0.1, 0.15) is 0 Å². The molecule has 2 heterocycles. The molecule has 0 aliphatic carbocycles. The fourth-order valence-corrected chi connectivity index (χ4v) is 5.07. The molecule has 18 heavy (non-hydrogen) atoms. The molecule has 0 radical (unpaired) electrons. The predicted molar refractivity (Wildman–Crippen MR) is 82.8 cm³/mol. The molecule has 0 saturated heterocycles. The molecule has 2 unspecified atom stereocenters. The van der Waals surface area contributed by atoms with Gasteiger partial charge in [-0.05, 0) is 32.4 Å². The summed E-state index contributed by atoms with van der Waals surface area (Å²) < 4.78 is 1.12. The molecule has 2 N–H and O–H groups in total. The largest absolute Gasteiger partial charge is 0.326 e. The quantitative estimate of drug-likeness (QED) is 0.832. The highest BCUT2D eigenvalue weighted by atomic mass is 32.2. The number of thiazole rings is 1. The monoisotopic (exact) mass is 298 g/mol. The summed E-state index contributed by atoms with van der Waals surface area (Å²) in [6, 6.07) is 4.55. The molecule has 98 valence electrons. The maximum atomic E-state index is 6.28. The van der Waals surface area contributed by atoms with E-state index in [1.54, 1.807) is 23.1 Å². The fourth-order valence-electron chi connectivity index (χ4n) is 1.67. The average molecular weight is 299 g/mol. The summed E-state index contributed by atoms with van der Waals surface area (Å²) in [4.78, 5) is 7.23. The molecule has 2 rings (SSSR count). The van der Waals surface area contributed by atoms with Crippen LogP contribution in [0, 0.1) is 13.8 Å². The molecule has 0 fully saturated rings. The first-order valence-corrected chi connectivity index (χ1v) is 8.58. The number of rotatable bonds is 5. The van der Waals surface area contributed by atoms with E-state index in [1.807, 2.05) is 18.3 Å². The Kier molecular flexibility index (Phi) is 4.84. The van der Waals surface area contributed by atoms with Crippen LogP contribution in [0.2, 0.25) is 0 Å². The highest BCUT2D eigenvalue weighted by Gasteiger charge is 2.22. The summed E-state index contributed by atoms with van der Waals surface area (Å²) in [5.41, 5.74) is 7.37. The normalized spacial score (nSPS) is 14.7. The van der Waals surface area contributed by atoms with Crippen LogP contribution in [-0.4, -0.2) is 11.0 Å². The van der Waals surface area contributed by atoms with Gasteiger partial charge in [0.25, 0.3) is 0 Å². The van der Waals surface area contributed by atoms with Crippen LogP contribution in [-0.2, 0) is 0 Å². The Labute approximate surface area is 121 Å². The second-order valence-electron chi connectivity index (χ2n) is 4.31. The van der Waals surface area contributed by atoms with Crippen molar-refractivity contribution in [2.45, 2.75) is 42.8 Å². The highest BCUT2D eigenvalue weighted by molar-refractivity contribution is 8.01. The van der Waals surface area contributed by atoms with Gasteiger partial charge >= 0.3 is 0 Å². The molecule has 2 atom stereocenters. The average Bonchev–Trinajstić information content (AvgIpc) is 2.94. The number of aryl methyl sites for hydroxylation is 2. The molecule has 0 bridgehead atoms. The summed E-state index contributed by atoms with van der Waals surface area (Å²) in [6.07, 6.45) is 0.985. The van der Waals surface area contributed by atoms with Crippen LogP contribution in [0.1, 0.15) is 34.0 Å². The van der Waals surface area contributed by atoms with Crippen molar-refractivity contribution in [1.29, 1.82) is 0 Å². The van der Waals surface area contributed by atoms with Gasteiger partial charge in [0.2, 0.25) is 0 Å². The Bertz CT molecular complexity index is 504. The number of thiophene rings is 1. The molecular formula is C13H18N2S3. The third-order valence-corrected chi connectivity index (χ3v) is 6.44. The Hall–Kier alpha value is -0.360. The van der Waals surface area contributed by atoms with Crippen molar-refractivity contribution in [1.82, 2.24) is 4.98 Å². The first-order chi connectivity index (χ1) is 8.60. The number of thioether (sulfide) groups is 1. The van der Waals surface area contributed by atoms with Gasteiger partial charge in [-0.2, -0.15) is 0 Å². The fraction of sp³-hybridized carbons (Fsp3) is 0.462. The first-order valence-electron chi connectivity index (χ1n) is 6.01. The second-order valence-corrected chi connectivity index (χ2v) is 7.88. The van der Waals surface area contributed by atoms with Crippen LogP contribution >= 0.6 is 34.4 Å². The van der Waals surface area contributed by atoms with Gasteiger partial charge in [-0.15, -0.1) is 22.7 Å². The van der Waals surface area contributed by atoms with Gasteiger partial charge in [0.05, 0.1) is 5.25 Å². The smallest absolute Gasteiger partial charge is 0.150 e. The molecule has 2 aromatic heterocycles. The molecule has 2 nitrogen and oxygen atoms in total. The number of hydrogen-bond donors (Lipinski definition) is 1. The lowest BCUT2D eigenvalue weighted by Gasteiger charge is -2.20. The SMILES string of the molecule is CCC(N)C(Sc1nc(C)cs1)c1ccc(C)s1. The summed E-state index contributed by atoms with van der Waals surface area (Å²) in [6.45, 7) is 6.32. The van der Waals surface area contributed by atoms with Gasteiger partial charge in [-0.3, -0.25) is 0 Å². The van der Waals surface area contributed by atoms with Gasteiger partial charge in [0, 0.05) is 26.9 Å². The van der Waals surface area contributed by atoms with Crippen LogP contribution in [0.25, 0.3) is 0 Å². The van der Waals surface area contributed by atoms with Crippen molar-refractivity contribution in [3.63, 3.8) is 0 Å². The van der Waals surface area contributed by atoms with Gasteiger partial charge in [-0.25, -0.2) is 4.98 Å². The molecule has 0 amide bonds. The summed E-state index contributed by atoms with van der Waals surface area (Å²) in [7, 11) is 0. The number of nitrogens with two attached hydrogens (primary N) is 1. The van der Waals surface area contributed by atoms with Crippen molar-refractivity contribution >= 4 is 34.4 Å². The van der Waals surface area contributed by atoms with Crippen molar-refractivity contribution in [2.24, 2.45) is 5.73 Å². The van der Waals surface area contributed by atoms with E-state index in [9.17, 15) is 0 Å². The minimum atomic E-state index is 0.178. The Morgan fingerprint density at radius 1 is 1.39 bits per heavy atom. The van der Waals surface area contributed by atoms with Gasteiger partial charge in [-0.1, -0.05) is 18.7 Å². The third kappa shape index (κ3) is 3.35. The van der Waals surface area contributed by atoms with E-state index in [0.29, 0.717) is 5.25 Å². The van der Waals surface area contributed by atoms with E-state index in [2.05, 4.69) is 36.3 Å². The lowest BCUT2D eigenvalue weighted by atomic mass is 10.1. The lowest BCUT2D eigenvalue weighted by molar-refractivity contribution is 0.639. The maximum Gasteiger partial charge on any atom is 0.150 e. The van der Waals surface area contributed by atoms with E-state index >= 15 is 0 Å². The summed E-state index contributed by atoms with van der Waals surface area (Å²) in [5.74, 6) is 0. The Balaban J connectivity index is 2.20. The molecule has 0 aromatic carbocycles. The Morgan fingerprint density at radius 3 is 2.67 bits per heavy atom. The molecule has 0 aliphatic rings. The van der Waals surface area contributed by atoms with Crippen LogP contribution < -0.4 is 5.73 Å². The maximum absolute atomic E-state index is 6.28. The van der Waals surface area contributed by atoms with E-state index in [4.69, 9.17) is 5.73 Å². The van der Waals surface area contributed by atoms with Crippen molar-refractivity contribution in [3.05, 3.63) is 33.0 Å². The zero-order valence-corrected chi connectivity index (χ0v) is 13.3. The Morgan fingerprint density at radius 2 is 2.17 bits per heavy atom. The van der Waals surface area contributed by atoms with Crippen LogP contribution in [0.3, 0.4) is 0 Å². The number of nitrogens with zero attached hydrogens (tertiary/aromatic N) is 1. The molecule has 0 spiro atoms. The van der Waals surface area contributed by atoms with Crippen LogP contribution in [0.15, 0.2) is 21.9 Å². The van der Waals surface area contributed by atoms with Crippen molar-refractivity contribution in [3.8, 4) is 0 Å². The van der Waals surface area contributed by atoms with Gasteiger partial charge < -0.3 is 5.73 Å². The third-order valence-electron chi connectivity index (χ3n) is 2.73. The molecule has 0 aliphatic heterocycles. The predicted octanol–water partition coefficient (Wildman–Crippen LogP) is 4.39. The minimum absolute atomic E-state index is 0.178. The zero-order valence-electron chi connectivity index (χ0n) is 10.8. The molecule has 2 aromatic rings. The summed E-state index contributed by atoms with van der Waals surface area (Å²) >= 11 is 5.35. The van der Waals surface area contributed by atoms with E-state index < -0.39 is 0 Å². The number of aromatic nitrogens is 1. The van der Waals surface area contributed by atoms with Crippen molar-refractivity contribution in [2.75, 3.05) is 0 Å². The number of hydrogen-bond acceptors (Lipinski definition) is 5. The van der Waals surface area contributed by atoms with Crippen LogP contribution in [0.5, 0.6) is 0 Å². The van der Waals surface area contributed by atoms with Crippen LogP contribution in [0.4, 0.5) is 0 Å². The van der Waals surface area contributed by atoms with E-state index in [-0.39, 0.29) is 6.04 Å². The molecule has 0 saturated carbocycles. The molecular weight excluding hydrogens is 280 g/mol. The van der Waals surface area contributed by atoms with E-state index in [0.717, 1.165) is 16.5 Å².